The monoisotopic (exact) mass is 399 g/mol. The molecule has 0 spiro atoms. The molecule has 0 radical (unpaired) electrons. The maximum Gasteiger partial charge on any atom is 0.251 e. The number of amides is 1. The van der Waals surface area contributed by atoms with E-state index in [-0.39, 0.29) is 37.5 Å². The number of hydrogen-bond acceptors (Lipinski definition) is 5. The van der Waals surface area contributed by atoms with Gasteiger partial charge in [-0.2, -0.15) is 5.26 Å². The van der Waals surface area contributed by atoms with Crippen molar-refractivity contribution < 1.29 is 13.6 Å². The van der Waals surface area contributed by atoms with Crippen molar-refractivity contribution in [1.29, 1.82) is 5.26 Å². The molecule has 2 aromatic heterocycles. The molecule has 2 aliphatic rings. The highest BCUT2D eigenvalue weighted by Gasteiger charge is 2.41. The molecule has 1 saturated heterocycles. The van der Waals surface area contributed by atoms with Crippen molar-refractivity contribution in [2.24, 2.45) is 5.73 Å². The second-order valence-corrected chi connectivity index (χ2v) is 8.08. The molecule has 1 amide bonds. The number of primary amides is 1. The highest BCUT2D eigenvalue weighted by Crippen LogP contribution is 2.40. The highest BCUT2D eigenvalue weighted by atomic mass is 19.3. The van der Waals surface area contributed by atoms with E-state index in [0.717, 1.165) is 19.3 Å². The lowest BCUT2D eigenvalue weighted by Crippen LogP contribution is -2.43. The molecule has 2 aromatic rings. The Morgan fingerprint density at radius 3 is 2.45 bits per heavy atom. The number of nitriles is 1. The van der Waals surface area contributed by atoms with E-state index in [1.165, 1.54) is 0 Å². The van der Waals surface area contributed by atoms with Crippen LogP contribution in [0, 0.1) is 11.3 Å². The Balaban J connectivity index is 1.83. The number of nitrogens with two attached hydrogens (primary N) is 1. The van der Waals surface area contributed by atoms with E-state index < -0.39 is 11.3 Å². The maximum atomic E-state index is 13.6. The lowest BCUT2D eigenvalue weighted by molar-refractivity contribution is -0.124. The third-order valence-electron chi connectivity index (χ3n) is 6.27. The van der Waals surface area contributed by atoms with Crippen LogP contribution in [-0.4, -0.2) is 34.9 Å². The lowest BCUT2D eigenvalue weighted by Gasteiger charge is -2.35. The van der Waals surface area contributed by atoms with Crippen molar-refractivity contribution in [3.8, 4) is 6.07 Å². The quantitative estimate of drug-likeness (QED) is 0.853. The van der Waals surface area contributed by atoms with Gasteiger partial charge in [0.25, 0.3) is 5.92 Å². The van der Waals surface area contributed by atoms with E-state index in [4.69, 9.17) is 5.73 Å². The van der Waals surface area contributed by atoms with Crippen LogP contribution >= 0.6 is 0 Å². The van der Waals surface area contributed by atoms with Gasteiger partial charge in [-0.3, -0.25) is 9.78 Å². The Kier molecular flexibility index (Phi) is 4.85. The first-order valence-electron chi connectivity index (χ1n) is 9.99. The molecule has 29 heavy (non-hydrogen) atoms. The standard InChI is InChI=1S/C21H23F2N5O/c22-21(23)6-8-28(9-7-21)18-16-11-17(20(19(25)29)4-2-1-3-5-20)26-13-14(16)10-15(12-24)27-18/h10-11,13H,1-9H2,(H2,25,29). The number of halogens is 2. The molecular weight excluding hydrogens is 376 g/mol. The van der Waals surface area contributed by atoms with Gasteiger partial charge in [0.05, 0.1) is 11.1 Å². The van der Waals surface area contributed by atoms with Gasteiger partial charge >= 0.3 is 0 Å². The van der Waals surface area contributed by atoms with Gasteiger partial charge in [0.15, 0.2) is 0 Å². The predicted octanol–water partition coefficient (Wildman–Crippen LogP) is 3.42. The van der Waals surface area contributed by atoms with Gasteiger partial charge in [0, 0.05) is 42.9 Å². The fourth-order valence-corrected chi connectivity index (χ4v) is 4.52. The Labute approximate surface area is 167 Å². The number of anilines is 1. The first kappa shape index (κ1) is 19.5. The number of hydrogen-bond donors (Lipinski definition) is 1. The first-order valence-corrected chi connectivity index (χ1v) is 9.99. The summed E-state index contributed by atoms with van der Waals surface area (Å²) in [5.41, 5.74) is 5.80. The van der Waals surface area contributed by atoms with Crippen LogP contribution in [-0.2, 0) is 10.2 Å². The molecule has 0 unspecified atom stereocenters. The summed E-state index contributed by atoms with van der Waals surface area (Å²) in [6.45, 7) is 0.311. The fraction of sp³-hybridized carbons (Fsp3) is 0.524. The molecule has 2 fully saturated rings. The molecule has 152 valence electrons. The minimum Gasteiger partial charge on any atom is -0.369 e. The number of aromatic nitrogens is 2. The number of carbonyl (C=O) groups is 1. The smallest absolute Gasteiger partial charge is 0.251 e. The zero-order chi connectivity index (χ0) is 20.6. The summed E-state index contributed by atoms with van der Waals surface area (Å²) in [5, 5.41) is 10.8. The summed E-state index contributed by atoms with van der Waals surface area (Å²) in [4.78, 5) is 23.1. The second kappa shape index (κ2) is 7.21. The van der Waals surface area contributed by atoms with Crippen molar-refractivity contribution >= 4 is 22.5 Å². The molecule has 1 aliphatic carbocycles. The SMILES string of the molecule is N#Cc1cc2cnc(C3(C(N)=O)CCCCC3)cc2c(N2CCC(F)(F)CC2)n1. The third-order valence-corrected chi connectivity index (χ3v) is 6.27. The van der Waals surface area contributed by atoms with Crippen LogP contribution in [0.4, 0.5) is 14.6 Å². The number of pyridine rings is 2. The number of rotatable bonds is 3. The molecule has 3 heterocycles. The first-order chi connectivity index (χ1) is 13.8. The Hall–Kier alpha value is -2.82. The van der Waals surface area contributed by atoms with Gasteiger partial charge in [-0.25, -0.2) is 13.8 Å². The molecule has 1 saturated carbocycles. The summed E-state index contributed by atoms with van der Waals surface area (Å²) in [6.07, 6.45) is 5.29. The topological polar surface area (TPSA) is 95.9 Å². The van der Waals surface area contributed by atoms with Gasteiger partial charge in [-0.15, -0.1) is 0 Å². The molecular formula is C21H23F2N5O. The van der Waals surface area contributed by atoms with Crippen molar-refractivity contribution in [2.75, 3.05) is 18.0 Å². The Bertz CT molecular complexity index is 984. The molecule has 8 heteroatoms. The number of fused-ring (bicyclic) bond motifs is 1. The van der Waals surface area contributed by atoms with E-state index in [1.807, 2.05) is 12.1 Å². The number of carbonyl (C=O) groups excluding carboxylic acids is 1. The van der Waals surface area contributed by atoms with Crippen LogP contribution < -0.4 is 10.6 Å². The van der Waals surface area contributed by atoms with Crippen molar-refractivity contribution in [3.05, 3.63) is 29.7 Å². The molecule has 2 N–H and O–H groups in total. The summed E-state index contributed by atoms with van der Waals surface area (Å²) in [7, 11) is 0. The van der Waals surface area contributed by atoms with Gasteiger partial charge < -0.3 is 10.6 Å². The van der Waals surface area contributed by atoms with Crippen molar-refractivity contribution in [1.82, 2.24) is 9.97 Å². The molecule has 0 bridgehead atoms. The van der Waals surface area contributed by atoms with Crippen LogP contribution in [0.5, 0.6) is 0 Å². The molecule has 0 aromatic carbocycles. The van der Waals surface area contributed by atoms with E-state index in [2.05, 4.69) is 9.97 Å². The summed E-state index contributed by atoms with van der Waals surface area (Å²) >= 11 is 0. The van der Waals surface area contributed by atoms with Crippen molar-refractivity contribution in [3.63, 3.8) is 0 Å². The highest BCUT2D eigenvalue weighted by molar-refractivity contribution is 5.94. The summed E-state index contributed by atoms with van der Waals surface area (Å²) < 4.78 is 27.3. The van der Waals surface area contributed by atoms with Crippen LogP contribution in [0.1, 0.15) is 56.3 Å². The van der Waals surface area contributed by atoms with Gasteiger partial charge in [0.1, 0.15) is 17.6 Å². The largest absolute Gasteiger partial charge is 0.369 e. The van der Waals surface area contributed by atoms with Crippen LogP contribution in [0.15, 0.2) is 18.3 Å². The maximum absolute atomic E-state index is 13.6. The third kappa shape index (κ3) is 3.50. The Morgan fingerprint density at radius 1 is 1.14 bits per heavy atom. The van der Waals surface area contributed by atoms with Gasteiger partial charge in [-0.1, -0.05) is 19.3 Å². The van der Waals surface area contributed by atoms with E-state index >= 15 is 0 Å². The number of piperidine rings is 1. The van der Waals surface area contributed by atoms with E-state index in [0.29, 0.717) is 35.1 Å². The Morgan fingerprint density at radius 2 is 1.83 bits per heavy atom. The van der Waals surface area contributed by atoms with Crippen LogP contribution in [0.25, 0.3) is 10.8 Å². The second-order valence-electron chi connectivity index (χ2n) is 8.08. The summed E-state index contributed by atoms with van der Waals surface area (Å²) in [5.74, 6) is -2.57. The average Bonchev–Trinajstić information content (AvgIpc) is 2.73. The zero-order valence-corrected chi connectivity index (χ0v) is 16.1. The predicted molar refractivity (Wildman–Crippen MR) is 105 cm³/mol. The normalized spacial score (nSPS) is 20.9. The van der Waals surface area contributed by atoms with Gasteiger partial charge in [-0.05, 0) is 25.0 Å². The van der Waals surface area contributed by atoms with Crippen molar-refractivity contribution in [2.45, 2.75) is 56.3 Å². The minimum atomic E-state index is -2.68. The average molecular weight is 399 g/mol. The minimum absolute atomic E-state index is 0.155. The summed E-state index contributed by atoms with van der Waals surface area (Å²) in [6, 6.07) is 5.48. The fourth-order valence-electron chi connectivity index (χ4n) is 4.52. The van der Waals surface area contributed by atoms with Crippen LogP contribution in [0.3, 0.4) is 0 Å². The molecule has 4 rings (SSSR count). The molecule has 6 nitrogen and oxygen atoms in total. The van der Waals surface area contributed by atoms with E-state index in [1.54, 1.807) is 17.2 Å². The molecule has 0 atom stereocenters. The number of alkyl halides is 2. The van der Waals surface area contributed by atoms with Crippen LogP contribution in [0.2, 0.25) is 0 Å². The van der Waals surface area contributed by atoms with Gasteiger partial charge in [0.2, 0.25) is 5.91 Å². The van der Waals surface area contributed by atoms with E-state index in [9.17, 15) is 18.8 Å². The lowest BCUT2D eigenvalue weighted by atomic mass is 9.71. The number of nitrogens with zero attached hydrogens (tertiary/aromatic N) is 4. The molecule has 1 aliphatic heterocycles. The zero-order valence-electron chi connectivity index (χ0n) is 16.1.